The highest BCUT2D eigenvalue weighted by atomic mass is 32.1. The molecule has 1 N–H and O–H groups in total. The Morgan fingerprint density at radius 2 is 2.05 bits per heavy atom. The molecule has 0 fully saturated rings. The van der Waals surface area contributed by atoms with Crippen molar-refractivity contribution in [1.29, 1.82) is 0 Å². The number of hydrogen-bond donors (Lipinski definition) is 1. The Bertz CT molecular complexity index is 607. The fourth-order valence-electron chi connectivity index (χ4n) is 2.08. The third kappa shape index (κ3) is 4.63. The van der Waals surface area contributed by atoms with Gasteiger partial charge in [0.15, 0.2) is 0 Å². The van der Waals surface area contributed by atoms with Gasteiger partial charge in [-0.2, -0.15) is 0 Å². The van der Waals surface area contributed by atoms with Gasteiger partial charge >= 0.3 is 0 Å². The second kappa shape index (κ2) is 7.31. The van der Waals surface area contributed by atoms with E-state index in [2.05, 4.69) is 24.1 Å². The number of thiazole rings is 1. The maximum Gasteiger partial charge on any atom is 0.224 e. The van der Waals surface area contributed by atoms with Crippen LogP contribution in [0.4, 0.5) is 4.39 Å². The van der Waals surface area contributed by atoms with Gasteiger partial charge in [0, 0.05) is 17.8 Å². The molecule has 2 rings (SSSR count). The maximum absolute atomic E-state index is 12.8. The van der Waals surface area contributed by atoms with Crippen molar-refractivity contribution in [2.45, 2.75) is 33.1 Å². The van der Waals surface area contributed by atoms with E-state index in [0.717, 1.165) is 29.1 Å². The molecule has 112 valence electrons. The number of amides is 1. The van der Waals surface area contributed by atoms with E-state index in [0.29, 0.717) is 6.54 Å². The van der Waals surface area contributed by atoms with E-state index in [4.69, 9.17) is 0 Å². The summed E-state index contributed by atoms with van der Waals surface area (Å²) in [6.07, 6.45) is 1.97. The molecule has 0 saturated carbocycles. The molecule has 1 amide bonds. The molecule has 0 aliphatic heterocycles. The molecule has 2 aromatic rings. The molecule has 1 aromatic heterocycles. The molecule has 0 bridgehead atoms. The van der Waals surface area contributed by atoms with Crippen LogP contribution in [0.15, 0.2) is 24.3 Å². The molecule has 0 aliphatic carbocycles. The molecule has 0 saturated heterocycles. The van der Waals surface area contributed by atoms with Gasteiger partial charge in [0.2, 0.25) is 5.91 Å². The molecular weight excluding hydrogens is 287 g/mol. The Morgan fingerprint density at radius 3 is 2.67 bits per heavy atom. The van der Waals surface area contributed by atoms with E-state index in [-0.39, 0.29) is 18.1 Å². The van der Waals surface area contributed by atoms with Crippen LogP contribution in [0, 0.1) is 12.7 Å². The number of nitrogens with zero attached hydrogens (tertiary/aromatic N) is 1. The summed E-state index contributed by atoms with van der Waals surface area (Å²) in [5, 5.41) is 3.94. The molecule has 1 aromatic carbocycles. The lowest BCUT2D eigenvalue weighted by molar-refractivity contribution is -0.120. The zero-order valence-corrected chi connectivity index (χ0v) is 13.1. The fourth-order valence-corrected chi connectivity index (χ4v) is 3.10. The zero-order chi connectivity index (χ0) is 15.2. The lowest BCUT2D eigenvalue weighted by Gasteiger charge is -2.04. The van der Waals surface area contributed by atoms with Gasteiger partial charge in [0.05, 0.1) is 17.1 Å². The number of aromatic nitrogens is 1. The Morgan fingerprint density at radius 1 is 1.33 bits per heavy atom. The standard InChI is InChI=1S/C16H19FN2OS/c1-3-14-11(2)21-16(19-14)8-9-18-15(20)10-12-4-6-13(17)7-5-12/h4-7H,3,8-10H2,1-2H3,(H,18,20). The van der Waals surface area contributed by atoms with E-state index >= 15 is 0 Å². The predicted octanol–water partition coefficient (Wildman–Crippen LogP) is 3.05. The summed E-state index contributed by atoms with van der Waals surface area (Å²) in [5.74, 6) is -0.337. The topological polar surface area (TPSA) is 42.0 Å². The van der Waals surface area contributed by atoms with Crippen LogP contribution in [0.25, 0.3) is 0 Å². The minimum atomic E-state index is -0.287. The Hall–Kier alpha value is -1.75. The van der Waals surface area contributed by atoms with Crippen molar-refractivity contribution in [3.05, 3.63) is 51.2 Å². The SMILES string of the molecule is CCc1nc(CCNC(=O)Cc2ccc(F)cc2)sc1C. The van der Waals surface area contributed by atoms with Crippen LogP contribution in [-0.4, -0.2) is 17.4 Å². The molecule has 3 nitrogen and oxygen atoms in total. The number of nitrogens with one attached hydrogen (secondary N) is 1. The van der Waals surface area contributed by atoms with Crippen LogP contribution >= 0.6 is 11.3 Å². The summed E-state index contributed by atoms with van der Waals surface area (Å²) in [6.45, 7) is 4.75. The number of hydrogen-bond acceptors (Lipinski definition) is 3. The molecule has 21 heavy (non-hydrogen) atoms. The fraction of sp³-hybridized carbons (Fsp3) is 0.375. The highest BCUT2D eigenvalue weighted by Crippen LogP contribution is 2.17. The average Bonchev–Trinajstić information content (AvgIpc) is 2.81. The Balaban J connectivity index is 1.77. The minimum Gasteiger partial charge on any atom is -0.355 e. The van der Waals surface area contributed by atoms with Gasteiger partial charge in [-0.15, -0.1) is 11.3 Å². The van der Waals surface area contributed by atoms with Gasteiger partial charge < -0.3 is 5.32 Å². The van der Waals surface area contributed by atoms with Crippen molar-refractivity contribution in [3.63, 3.8) is 0 Å². The first kappa shape index (κ1) is 15.6. The number of rotatable bonds is 6. The van der Waals surface area contributed by atoms with Gasteiger partial charge in [-0.05, 0) is 31.0 Å². The monoisotopic (exact) mass is 306 g/mol. The molecule has 0 radical (unpaired) electrons. The highest BCUT2D eigenvalue weighted by Gasteiger charge is 2.07. The number of halogens is 1. The van der Waals surface area contributed by atoms with Gasteiger partial charge in [0.25, 0.3) is 0 Å². The molecule has 0 unspecified atom stereocenters. The van der Waals surface area contributed by atoms with Crippen LogP contribution in [0.3, 0.4) is 0 Å². The number of benzene rings is 1. The molecule has 1 heterocycles. The summed E-state index contributed by atoms with van der Waals surface area (Å²) >= 11 is 1.69. The lowest BCUT2D eigenvalue weighted by Crippen LogP contribution is -2.27. The van der Waals surface area contributed by atoms with Crippen LogP contribution in [0.2, 0.25) is 0 Å². The van der Waals surface area contributed by atoms with E-state index in [1.807, 2.05) is 0 Å². The third-order valence-electron chi connectivity index (χ3n) is 3.21. The van der Waals surface area contributed by atoms with Gasteiger partial charge in [0.1, 0.15) is 5.82 Å². The number of carbonyl (C=O) groups excluding carboxylic acids is 1. The van der Waals surface area contributed by atoms with Crippen molar-refractivity contribution in [2.75, 3.05) is 6.54 Å². The number of carbonyl (C=O) groups is 1. The quantitative estimate of drug-likeness (QED) is 0.891. The summed E-state index contributed by atoms with van der Waals surface area (Å²) in [5.41, 5.74) is 1.96. The van der Waals surface area contributed by atoms with Crippen molar-refractivity contribution < 1.29 is 9.18 Å². The predicted molar refractivity (Wildman–Crippen MR) is 83.0 cm³/mol. The molecule has 0 atom stereocenters. The smallest absolute Gasteiger partial charge is 0.224 e. The average molecular weight is 306 g/mol. The van der Waals surface area contributed by atoms with E-state index < -0.39 is 0 Å². The second-order valence-electron chi connectivity index (χ2n) is 4.87. The van der Waals surface area contributed by atoms with Gasteiger partial charge in [-0.25, -0.2) is 9.37 Å². The molecule has 0 aliphatic rings. The largest absolute Gasteiger partial charge is 0.355 e. The van der Waals surface area contributed by atoms with Crippen LogP contribution in [0.5, 0.6) is 0 Å². The first-order chi connectivity index (χ1) is 10.1. The van der Waals surface area contributed by atoms with Gasteiger partial charge in [-0.1, -0.05) is 19.1 Å². The van der Waals surface area contributed by atoms with Crippen LogP contribution < -0.4 is 5.32 Å². The summed E-state index contributed by atoms with van der Waals surface area (Å²) in [6, 6.07) is 6.00. The Kier molecular flexibility index (Phi) is 5.44. The number of aryl methyl sites for hydroxylation is 2. The van der Waals surface area contributed by atoms with E-state index in [1.165, 1.54) is 17.0 Å². The van der Waals surface area contributed by atoms with E-state index in [9.17, 15) is 9.18 Å². The normalized spacial score (nSPS) is 10.6. The van der Waals surface area contributed by atoms with Crippen LogP contribution in [0.1, 0.15) is 28.1 Å². The van der Waals surface area contributed by atoms with Crippen molar-refractivity contribution in [2.24, 2.45) is 0 Å². The Labute approximate surface area is 128 Å². The third-order valence-corrected chi connectivity index (χ3v) is 4.28. The molecule has 5 heteroatoms. The molecular formula is C16H19FN2OS. The lowest BCUT2D eigenvalue weighted by atomic mass is 10.1. The first-order valence-corrected chi connectivity index (χ1v) is 7.86. The van der Waals surface area contributed by atoms with Crippen LogP contribution in [-0.2, 0) is 24.1 Å². The van der Waals surface area contributed by atoms with Gasteiger partial charge in [-0.3, -0.25) is 4.79 Å². The first-order valence-electron chi connectivity index (χ1n) is 7.04. The van der Waals surface area contributed by atoms with Crippen molar-refractivity contribution >= 4 is 17.2 Å². The summed E-state index contributed by atoms with van der Waals surface area (Å²) < 4.78 is 12.8. The van der Waals surface area contributed by atoms with Crippen molar-refractivity contribution in [3.8, 4) is 0 Å². The highest BCUT2D eigenvalue weighted by molar-refractivity contribution is 7.11. The zero-order valence-electron chi connectivity index (χ0n) is 12.3. The molecule has 0 spiro atoms. The van der Waals surface area contributed by atoms with Crippen molar-refractivity contribution in [1.82, 2.24) is 10.3 Å². The second-order valence-corrected chi connectivity index (χ2v) is 6.15. The summed E-state index contributed by atoms with van der Waals surface area (Å²) in [7, 11) is 0. The maximum atomic E-state index is 12.8. The summed E-state index contributed by atoms with van der Waals surface area (Å²) in [4.78, 5) is 17.6. The van der Waals surface area contributed by atoms with E-state index in [1.54, 1.807) is 23.5 Å². The minimum absolute atomic E-state index is 0.0504.